The van der Waals surface area contributed by atoms with Crippen molar-refractivity contribution in [2.24, 2.45) is 0 Å². The van der Waals surface area contributed by atoms with Crippen LogP contribution in [0.4, 0.5) is 5.95 Å². The molecule has 0 radical (unpaired) electrons. The first-order chi connectivity index (χ1) is 9.75. The number of aromatic nitrogens is 4. The number of thiophene rings is 1. The number of hydrogen-bond acceptors (Lipinski definition) is 6. The van der Waals surface area contributed by atoms with Crippen LogP contribution in [-0.2, 0) is 13.0 Å². The summed E-state index contributed by atoms with van der Waals surface area (Å²) in [4.78, 5) is 3.35. The van der Waals surface area contributed by atoms with Gasteiger partial charge in [0.15, 0.2) is 0 Å². The van der Waals surface area contributed by atoms with Crippen LogP contribution >= 0.6 is 11.3 Å². The maximum atomic E-state index is 10.0. The number of aryl methyl sites for hydroxylation is 2. The van der Waals surface area contributed by atoms with E-state index in [1.165, 1.54) is 4.88 Å². The summed E-state index contributed by atoms with van der Waals surface area (Å²) in [7, 11) is 1.96. The Hall–Kier alpha value is -1.47. The Labute approximate surface area is 122 Å². The van der Waals surface area contributed by atoms with Crippen LogP contribution in [0.5, 0.6) is 0 Å². The summed E-state index contributed by atoms with van der Waals surface area (Å²) in [6.07, 6.45) is 3.58. The third kappa shape index (κ3) is 2.69. The Morgan fingerprint density at radius 1 is 1.50 bits per heavy atom. The lowest BCUT2D eigenvalue weighted by Crippen LogP contribution is -2.39. The van der Waals surface area contributed by atoms with Gasteiger partial charge < -0.3 is 10.0 Å². The number of tetrazole rings is 1. The summed E-state index contributed by atoms with van der Waals surface area (Å²) in [6, 6.07) is 4.31. The van der Waals surface area contributed by atoms with Crippen LogP contribution in [-0.4, -0.2) is 44.5 Å². The van der Waals surface area contributed by atoms with Gasteiger partial charge in [-0.25, -0.2) is 4.68 Å². The van der Waals surface area contributed by atoms with E-state index in [1.807, 2.05) is 16.6 Å². The van der Waals surface area contributed by atoms with Crippen LogP contribution in [0.25, 0.3) is 0 Å². The number of hydrogen-bond donors (Lipinski definition) is 1. The highest BCUT2D eigenvalue weighted by atomic mass is 32.1. The van der Waals surface area contributed by atoms with Crippen molar-refractivity contribution in [3.63, 3.8) is 0 Å². The van der Waals surface area contributed by atoms with Crippen molar-refractivity contribution < 1.29 is 5.11 Å². The van der Waals surface area contributed by atoms with Gasteiger partial charge in [0.25, 0.3) is 0 Å². The predicted molar refractivity (Wildman–Crippen MR) is 77.9 cm³/mol. The molecule has 6 nitrogen and oxygen atoms in total. The highest BCUT2D eigenvalue weighted by Crippen LogP contribution is 2.26. The minimum atomic E-state index is -0.276. The van der Waals surface area contributed by atoms with E-state index >= 15 is 0 Å². The van der Waals surface area contributed by atoms with Crippen LogP contribution in [0.2, 0.25) is 0 Å². The fourth-order valence-corrected chi connectivity index (χ4v) is 3.49. The second kappa shape index (κ2) is 5.88. The molecule has 3 rings (SSSR count). The molecule has 0 bridgehead atoms. The first kappa shape index (κ1) is 13.5. The van der Waals surface area contributed by atoms with Gasteiger partial charge in [-0.15, -0.1) is 11.3 Å². The van der Waals surface area contributed by atoms with Crippen molar-refractivity contribution >= 4 is 17.3 Å². The van der Waals surface area contributed by atoms with Crippen LogP contribution in [0, 0.1) is 0 Å². The van der Waals surface area contributed by atoms with Gasteiger partial charge in [-0.05, 0) is 41.1 Å². The van der Waals surface area contributed by atoms with Crippen molar-refractivity contribution in [2.75, 3.05) is 11.9 Å². The van der Waals surface area contributed by atoms with Gasteiger partial charge in [0.1, 0.15) is 0 Å². The second-order valence-corrected chi connectivity index (χ2v) is 6.24. The zero-order chi connectivity index (χ0) is 13.9. The SMILES string of the molecule is CN(c1nnnn1CCc1cccs1)[C@@H]1CCC[C@H]1O. The molecule has 2 atom stereocenters. The lowest BCUT2D eigenvalue weighted by Gasteiger charge is -2.27. The minimum Gasteiger partial charge on any atom is -0.391 e. The third-order valence-corrected chi connectivity index (χ3v) is 4.86. The average Bonchev–Trinajstić information content (AvgIpc) is 3.17. The maximum Gasteiger partial charge on any atom is 0.245 e. The normalized spacial score (nSPS) is 22.3. The molecular formula is C13H19N5OS. The molecule has 1 saturated carbocycles. The number of aliphatic hydroxyl groups is 1. The number of anilines is 1. The van der Waals surface area contributed by atoms with E-state index in [9.17, 15) is 5.11 Å². The zero-order valence-electron chi connectivity index (χ0n) is 11.5. The highest BCUT2D eigenvalue weighted by Gasteiger charge is 2.31. The summed E-state index contributed by atoms with van der Waals surface area (Å²) in [6.45, 7) is 0.760. The summed E-state index contributed by atoms with van der Waals surface area (Å²) in [5, 5.41) is 24.1. The number of rotatable bonds is 5. The molecule has 1 fully saturated rings. The van der Waals surface area contributed by atoms with Crippen molar-refractivity contribution in [1.82, 2.24) is 20.2 Å². The van der Waals surface area contributed by atoms with E-state index in [-0.39, 0.29) is 12.1 Å². The van der Waals surface area contributed by atoms with E-state index in [2.05, 4.69) is 33.0 Å². The maximum absolute atomic E-state index is 10.0. The molecule has 0 saturated heterocycles. The lowest BCUT2D eigenvalue weighted by atomic mass is 10.2. The Bertz CT molecular complexity index is 541. The molecule has 0 amide bonds. The Balaban J connectivity index is 1.69. The monoisotopic (exact) mass is 293 g/mol. The molecule has 0 aliphatic heterocycles. The Kier molecular flexibility index (Phi) is 3.98. The predicted octanol–water partition coefficient (Wildman–Crippen LogP) is 1.33. The fourth-order valence-electron chi connectivity index (χ4n) is 2.79. The van der Waals surface area contributed by atoms with Crippen LogP contribution in [0.1, 0.15) is 24.1 Å². The average molecular weight is 293 g/mol. The molecule has 0 unspecified atom stereocenters. The van der Waals surface area contributed by atoms with Crippen LogP contribution in [0.3, 0.4) is 0 Å². The molecule has 2 heterocycles. The van der Waals surface area contributed by atoms with Gasteiger partial charge in [-0.2, -0.15) is 0 Å². The largest absolute Gasteiger partial charge is 0.391 e. The number of aliphatic hydroxyl groups excluding tert-OH is 1. The third-order valence-electron chi connectivity index (χ3n) is 3.92. The molecule has 108 valence electrons. The molecule has 7 heteroatoms. The Morgan fingerprint density at radius 3 is 3.10 bits per heavy atom. The lowest BCUT2D eigenvalue weighted by molar-refractivity contribution is 0.162. The topological polar surface area (TPSA) is 67.1 Å². The summed E-state index contributed by atoms with van der Waals surface area (Å²) < 4.78 is 1.82. The minimum absolute atomic E-state index is 0.126. The first-order valence-corrected chi connectivity index (χ1v) is 7.83. The van der Waals surface area contributed by atoms with E-state index in [1.54, 1.807) is 11.3 Å². The van der Waals surface area contributed by atoms with Gasteiger partial charge >= 0.3 is 0 Å². The van der Waals surface area contributed by atoms with Crippen molar-refractivity contribution in [1.29, 1.82) is 0 Å². The summed E-state index contributed by atoms with van der Waals surface area (Å²) >= 11 is 1.75. The van der Waals surface area contributed by atoms with E-state index in [0.717, 1.165) is 38.2 Å². The summed E-state index contributed by atoms with van der Waals surface area (Å²) in [5.41, 5.74) is 0. The molecule has 1 aliphatic rings. The molecule has 1 N–H and O–H groups in total. The smallest absolute Gasteiger partial charge is 0.245 e. The number of likely N-dealkylation sites (N-methyl/N-ethyl adjacent to an activating group) is 1. The quantitative estimate of drug-likeness (QED) is 0.901. The first-order valence-electron chi connectivity index (χ1n) is 6.95. The van der Waals surface area contributed by atoms with Crippen molar-refractivity contribution in [2.45, 2.75) is 44.4 Å². The van der Waals surface area contributed by atoms with Crippen molar-refractivity contribution in [3.8, 4) is 0 Å². The van der Waals surface area contributed by atoms with Gasteiger partial charge in [0.05, 0.1) is 18.7 Å². The molecular weight excluding hydrogens is 274 g/mol. The van der Waals surface area contributed by atoms with Crippen LogP contribution < -0.4 is 4.90 Å². The van der Waals surface area contributed by atoms with Gasteiger partial charge in [-0.3, -0.25) is 0 Å². The van der Waals surface area contributed by atoms with E-state index in [0.29, 0.717) is 0 Å². The van der Waals surface area contributed by atoms with Gasteiger partial charge in [-0.1, -0.05) is 11.2 Å². The molecule has 1 aliphatic carbocycles. The van der Waals surface area contributed by atoms with Crippen molar-refractivity contribution in [3.05, 3.63) is 22.4 Å². The standard InChI is InChI=1S/C13H19N5OS/c1-17(11-5-2-6-12(11)19)13-14-15-16-18(13)8-7-10-4-3-9-20-10/h3-4,9,11-12,19H,2,5-8H2,1H3/t11-,12-/m1/s1. The second-order valence-electron chi connectivity index (χ2n) is 5.21. The number of nitrogens with zero attached hydrogens (tertiary/aromatic N) is 5. The van der Waals surface area contributed by atoms with Crippen LogP contribution in [0.15, 0.2) is 17.5 Å². The molecule has 20 heavy (non-hydrogen) atoms. The Morgan fingerprint density at radius 2 is 2.40 bits per heavy atom. The highest BCUT2D eigenvalue weighted by molar-refractivity contribution is 7.09. The zero-order valence-corrected chi connectivity index (χ0v) is 12.3. The fraction of sp³-hybridized carbons (Fsp3) is 0.615. The van der Waals surface area contributed by atoms with E-state index < -0.39 is 0 Å². The molecule has 0 aromatic carbocycles. The molecule has 0 spiro atoms. The van der Waals surface area contributed by atoms with Gasteiger partial charge in [0, 0.05) is 18.3 Å². The summed E-state index contributed by atoms with van der Waals surface area (Å²) in [5.74, 6) is 0.743. The molecule has 2 aromatic rings. The van der Waals surface area contributed by atoms with E-state index in [4.69, 9.17) is 0 Å². The van der Waals surface area contributed by atoms with Gasteiger partial charge in [0.2, 0.25) is 5.95 Å². The molecule has 2 aromatic heterocycles.